The van der Waals surface area contributed by atoms with Gasteiger partial charge in [0.05, 0.1) is 0 Å². The zero-order valence-corrected chi connectivity index (χ0v) is 18.0. The Morgan fingerprint density at radius 3 is 2.31 bits per heavy atom. The van der Waals surface area contributed by atoms with Crippen LogP contribution >= 0.6 is 0 Å². The number of allylic oxidation sites excluding steroid dienone is 2. The second-order valence-electron chi connectivity index (χ2n) is 9.80. The topological polar surface area (TPSA) is 3.24 Å². The molecule has 0 radical (unpaired) electrons. The molecule has 3 aliphatic rings. The number of hydrogen-bond donors (Lipinski definition) is 0. The Kier molecular flexibility index (Phi) is 4.46. The Labute approximate surface area is 176 Å². The highest BCUT2D eigenvalue weighted by molar-refractivity contribution is 5.73. The third kappa shape index (κ3) is 3.45. The fraction of sp³-hybridized carbons (Fsp3) is 0.429. The van der Waals surface area contributed by atoms with E-state index in [2.05, 4.69) is 74.4 Å². The summed E-state index contributed by atoms with van der Waals surface area (Å²) in [5, 5.41) is 0. The Balaban J connectivity index is 1.28. The molecule has 3 fully saturated rings. The van der Waals surface area contributed by atoms with E-state index >= 15 is 0 Å². The molecule has 2 aromatic carbocycles. The third-order valence-electron chi connectivity index (χ3n) is 7.76. The van der Waals surface area contributed by atoms with Crippen molar-refractivity contribution in [2.24, 2.45) is 11.3 Å². The summed E-state index contributed by atoms with van der Waals surface area (Å²) < 4.78 is 0. The Hall–Kier alpha value is -2.28. The van der Waals surface area contributed by atoms with Crippen molar-refractivity contribution < 1.29 is 0 Å². The summed E-state index contributed by atoms with van der Waals surface area (Å²) >= 11 is 0. The summed E-state index contributed by atoms with van der Waals surface area (Å²) in [4.78, 5) is 2.58. The van der Waals surface area contributed by atoms with Gasteiger partial charge in [-0.3, -0.25) is 0 Å². The van der Waals surface area contributed by atoms with Gasteiger partial charge in [-0.2, -0.15) is 0 Å². The lowest BCUT2D eigenvalue weighted by Gasteiger charge is -2.36. The van der Waals surface area contributed by atoms with Crippen LogP contribution in [0.5, 0.6) is 0 Å². The van der Waals surface area contributed by atoms with Gasteiger partial charge in [-0.1, -0.05) is 55.1 Å². The number of piperidine rings is 1. The molecular weight excluding hydrogens is 350 g/mol. The van der Waals surface area contributed by atoms with Gasteiger partial charge < -0.3 is 4.90 Å². The molecule has 2 aliphatic carbocycles. The van der Waals surface area contributed by atoms with Crippen LogP contribution in [0.4, 0.5) is 0 Å². The average Bonchev–Trinajstić information content (AvgIpc) is 3.65. The standard InChI is InChI=1S/C28H33N/c1-19(2)25-6-5-20(3)26(17-25)23-9-11-24(12-10-23)27-18-28(27)13-15-29(16-14-28)21(4)22-7-8-22/h5-6,9-12,17,22,27H,1,4,7-8,13-16,18H2,2-3H3. The normalized spacial score (nSPS) is 22.6. The second-order valence-corrected chi connectivity index (χ2v) is 9.80. The van der Waals surface area contributed by atoms with E-state index in [-0.39, 0.29) is 0 Å². The first-order chi connectivity index (χ1) is 14.0. The van der Waals surface area contributed by atoms with Gasteiger partial charge in [0.15, 0.2) is 0 Å². The number of benzene rings is 2. The first-order valence-corrected chi connectivity index (χ1v) is 11.3. The fourth-order valence-corrected chi connectivity index (χ4v) is 5.38. The molecule has 5 rings (SSSR count). The van der Waals surface area contributed by atoms with Crippen LogP contribution in [0.25, 0.3) is 16.7 Å². The van der Waals surface area contributed by atoms with Crippen molar-refractivity contribution in [2.75, 3.05) is 13.1 Å². The van der Waals surface area contributed by atoms with Crippen LogP contribution in [-0.4, -0.2) is 18.0 Å². The highest BCUT2D eigenvalue weighted by Gasteiger charge is 2.55. The van der Waals surface area contributed by atoms with Crippen molar-refractivity contribution in [1.82, 2.24) is 4.90 Å². The Bertz CT molecular complexity index is 952. The zero-order valence-electron chi connectivity index (χ0n) is 18.0. The fourth-order valence-electron chi connectivity index (χ4n) is 5.38. The van der Waals surface area contributed by atoms with E-state index < -0.39 is 0 Å². The van der Waals surface area contributed by atoms with Gasteiger partial charge in [0.25, 0.3) is 0 Å². The zero-order chi connectivity index (χ0) is 20.2. The van der Waals surface area contributed by atoms with Gasteiger partial charge in [0.1, 0.15) is 0 Å². The molecule has 1 nitrogen and oxygen atoms in total. The summed E-state index contributed by atoms with van der Waals surface area (Å²) in [7, 11) is 0. The highest BCUT2D eigenvalue weighted by Crippen LogP contribution is 2.65. The lowest BCUT2D eigenvalue weighted by atomic mass is 9.87. The maximum Gasteiger partial charge on any atom is 0.0180 e. The van der Waals surface area contributed by atoms with E-state index in [0.717, 1.165) is 17.4 Å². The van der Waals surface area contributed by atoms with E-state index in [1.165, 1.54) is 78.7 Å². The minimum absolute atomic E-state index is 0.567. The average molecular weight is 384 g/mol. The summed E-state index contributed by atoms with van der Waals surface area (Å²) in [5.74, 6) is 1.56. The SMILES string of the molecule is C=C(C)c1ccc(C)c(-c2ccc(C3CC34CCN(C(=C)C3CC3)CC4)cc2)c1. The van der Waals surface area contributed by atoms with Crippen LogP contribution in [0.3, 0.4) is 0 Å². The molecule has 2 saturated carbocycles. The molecule has 1 heterocycles. The quantitative estimate of drug-likeness (QED) is 0.528. The molecule has 0 amide bonds. The van der Waals surface area contributed by atoms with Gasteiger partial charge >= 0.3 is 0 Å². The van der Waals surface area contributed by atoms with Crippen molar-refractivity contribution in [3.05, 3.63) is 78.0 Å². The van der Waals surface area contributed by atoms with Gasteiger partial charge in [0.2, 0.25) is 0 Å². The minimum atomic E-state index is 0.567. The molecule has 0 aromatic heterocycles. The molecule has 150 valence electrons. The summed E-state index contributed by atoms with van der Waals surface area (Å²) in [6.45, 7) is 15.2. The molecule has 1 aliphatic heterocycles. The molecule has 0 N–H and O–H groups in total. The largest absolute Gasteiger partial charge is 0.375 e. The van der Waals surface area contributed by atoms with Gasteiger partial charge in [-0.05, 0) is 97.1 Å². The second kappa shape index (κ2) is 6.90. The molecular formula is C28H33N. The summed E-state index contributed by atoms with van der Waals surface area (Å²) in [5.41, 5.74) is 9.86. The molecule has 1 spiro atoms. The lowest BCUT2D eigenvalue weighted by molar-refractivity contribution is 0.201. The maximum atomic E-state index is 4.37. The molecule has 29 heavy (non-hydrogen) atoms. The van der Waals surface area contributed by atoms with E-state index in [1.54, 1.807) is 0 Å². The van der Waals surface area contributed by atoms with Crippen molar-refractivity contribution in [3.63, 3.8) is 0 Å². The van der Waals surface area contributed by atoms with Crippen molar-refractivity contribution in [3.8, 4) is 11.1 Å². The lowest BCUT2D eigenvalue weighted by Crippen LogP contribution is -2.34. The molecule has 1 unspecified atom stereocenters. The van der Waals surface area contributed by atoms with Crippen molar-refractivity contribution >= 4 is 5.57 Å². The molecule has 1 atom stereocenters. The predicted molar refractivity (Wildman–Crippen MR) is 124 cm³/mol. The van der Waals surface area contributed by atoms with Gasteiger partial charge in [0, 0.05) is 18.8 Å². The van der Waals surface area contributed by atoms with Crippen molar-refractivity contribution in [2.45, 2.75) is 51.9 Å². The third-order valence-corrected chi connectivity index (χ3v) is 7.76. The number of likely N-dealkylation sites (tertiary alicyclic amines) is 1. The number of nitrogens with zero attached hydrogens (tertiary/aromatic N) is 1. The predicted octanol–water partition coefficient (Wildman–Crippen LogP) is 7.19. The first-order valence-electron chi connectivity index (χ1n) is 11.3. The Morgan fingerprint density at radius 2 is 1.69 bits per heavy atom. The summed E-state index contributed by atoms with van der Waals surface area (Å²) in [6.07, 6.45) is 6.78. The molecule has 1 saturated heterocycles. The summed E-state index contributed by atoms with van der Waals surface area (Å²) in [6, 6.07) is 16.1. The van der Waals surface area contributed by atoms with Crippen LogP contribution in [0, 0.1) is 18.3 Å². The highest BCUT2D eigenvalue weighted by atomic mass is 15.2. The van der Waals surface area contributed by atoms with Crippen LogP contribution in [0.1, 0.15) is 61.6 Å². The first kappa shape index (κ1) is 18.7. The number of hydrogen-bond acceptors (Lipinski definition) is 1. The van der Waals surface area contributed by atoms with Gasteiger partial charge in [-0.15, -0.1) is 0 Å². The molecule has 2 aromatic rings. The Morgan fingerprint density at radius 1 is 1.00 bits per heavy atom. The number of aryl methyl sites for hydroxylation is 1. The molecule has 0 bridgehead atoms. The van der Waals surface area contributed by atoms with Crippen LogP contribution in [0.15, 0.2) is 61.3 Å². The monoisotopic (exact) mass is 383 g/mol. The van der Waals surface area contributed by atoms with E-state index in [4.69, 9.17) is 0 Å². The smallest absolute Gasteiger partial charge is 0.0180 e. The minimum Gasteiger partial charge on any atom is -0.375 e. The van der Waals surface area contributed by atoms with Crippen molar-refractivity contribution in [1.29, 1.82) is 0 Å². The van der Waals surface area contributed by atoms with Crippen LogP contribution in [0.2, 0.25) is 0 Å². The van der Waals surface area contributed by atoms with E-state index in [9.17, 15) is 0 Å². The van der Waals surface area contributed by atoms with Crippen LogP contribution in [-0.2, 0) is 0 Å². The number of rotatable bonds is 5. The molecule has 1 heteroatoms. The van der Waals surface area contributed by atoms with Crippen LogP contribution < -0.4 is 0 Å². The van der Waals surface area contributed by atoms with E-state index in [0.29, 0.717) is 5.41 Å². The van der Waals surface area contributed by atoms with Gasteiger partial charge in [-0.25, -0.2) is 0 Å². The maximum absolute atomic E-state index is 4.37. The van der Waals surface area contributed by atoms with E-state index in [1.807, 2.05) is 0 Å².